The van der Waals surface area contributed by atoms with E-state index in [1.807, 2.05) is 20.8 Å². The minimum absolute atomic E-state index is 0.0283. The molecule has 7 aliphatic rings. The molecule has 228 valence electrons. The summed E-state index contributed by atoms with van der Waals surface area (Å²) in [5, 5.41) is 25.3. The van der Waals surface area contributed by atoms with Gasteiger partial charge in [0.25, 0.3) is 0 Å². The van der Waals surface area contributed by atoms with Gasteiger partial charge in [0.2, 0.25) is 0 Å². The van der Waals surface area contributed by atoms with Crippen molar-refractivity contribution in [2.45, 2.75) is 127 Å². The van der Waals surface area contributed by atoms with Crippen molar-refractivity contribution in [3.8, 4) is 0 Å². The molecule has 2 N–H and O–H groups in total. The van der Waals surface area contributed by atoms with E-state index in [-0.39, 0.29) is 54.9 Å². The van der Waals surface area contributed by atoms with Crippen LogP contribution in [-0.2, 0) is 33.3 Å². The summed E-state index contributed by atoms with van der Waals surface area (Å²) in [4.78, 5) is 25.2. The molecular weight excluding hydrogens is 528 g/mol. The number of cyclic esters (lactones) is 1. The van der Waals surface area contributed by atoms with E-state index in [0.29, 0.717) is 38.7 Å². The highest BCUT2D eigenvalue weighted by atomic mass is 16.8. The van der Waals surface area contributed by atoms with E-state index >= 15 is 0 Å². The Morgan fingerprint density at radius 3 is 2.51 bits per heavy atom. The number of carbonyl (C=O) groups is 2. The zero-order chi connectivity index (χ0) is 29.0. The molecule has 12 atom stereocenters. The first kappa shape index (κ1) is 28.4. The van der Waals surface area contributed by atoms with Gasteiger partial charge in [-0.05, 0) is 81.6 Å². The average Bonchev–Trinajstić information content (AvgIpc) is 3.64. The summed E-state index contributed by atoms with van der Waals surface area (Å²) in [5.74, 6) is -0.451. The van der Waals surface area contributed by atoms with Gasteiger partial charge < -0.3 is 38.7 Å². The number of rotatable bonds is 4. The summed E-state index contributed by atoms with van der Waals surface area (Å²) in [6.45, 7) is 8.77. The number of ether oxygens (including phenoxy) is 5. The van der Waals surface area contributed by atoms with Crippen LogP contribution < -0.4 is 0 Å². The van der Waals surface area contributed by atoms with Gasteiger partial charge in [0.15, 0.2) is 6.29 Å². The van der Waals surface area contributed by atoms with Gasteiger partial charge in [0, 0.05) is 23.3 Å². The summed E-state index contributed by atoms with van der Waals surface area (Å²) >= 11 is 0. The third kappa shape index (κ3) is 3.62. The Hall–Kier alpha value is -1.36. The fraction of sp³-hybridized carbons (Fsp3) is 0.875. The first-order valence-corrected chi connectivity index (χ1v) is 15.7. The zero-order valence-electron chi connectivity index (χ0n) is 24.8. The smallest absolute Gasteiger partial charge is 0.331 e. The summed E-state index contributed by atoms with van der Waals surface area (Å²) in [5.41, 5.74) is -3.41. The molecule has 9 nitrogen and oxygen atoms in total. The van der Waals surface area contributed by atoms with Crippen molar-refractivity contribution in [3.05, 3.63) is 11.6 Å². The van der Waals surface area contributed by atoms with Crippen LogP contribution in [0.1, 0.15) is 85.5 Å². The lowest BCUT2D eigenvalue weighted by atomic mass is 9.38. The minimum Gasteiger partial charge on any atom is -0.458 e. The molecule has 2 saturated heterocycles. The Morgan fingerprint density at radius 2 is 1.78 bits per heavy atom. The molecular formula is C32H46O9. The second kappa shape index (κ2) is 9.32. The van der Waals surface area contributed by atoms with Crippen LogP contribution in [0.2, 0.25) is 0 Å². The molecule has 0 bridgehead atoms. The maximum atomic E-state index is 13.3. The SMILES string of the molecule is C[C@@H]1CC2OCOC2[C@H](O[C@H]2CC[C@]3(C=O)[C@H]4CC[C@]5(C)[C@@H](C6=CC(=O)OC6)CC[C@]5(O)[C@@H]4CC[C@]3(O)C2(C)C)O1. The second-order valence-electron chi connectivity index (χ2n) is 15.0. The molecule has 0 spiro atoms. The minimum atomic E-state index is -1.30. The van der Waals surface area contributed by atoms with Crippen molar-refractivity contribution in [2.75, 3.05) is 13.4 Å². The number of esters is 1. The van der Waals surface area contributed by atoms with Gasteiger partial charge in [-0.2, -0.15) is 0 Å². The van der Waals surface area contributed by atoms with E-state index in [1.165, 1.54) is 0 Å². The number of carbonyl (C=O) groups excluding carboxylic acids is 2. The van der Waals surface area contributed by atoms with Crippen LogP contribution >= 0.6 is 0 Å². The van der Waals surface area contributed by atoms with Gasteiger partial charge in [0.1, 0.15) is 25.8 Å². The number of fused-ring (bicyclic) bond motifs is 6. The summed E-state index contributed by atoms with van der Waals surface area (Å²) < 4.78 is 29.7. The lowest BCUT2D eigenvalue weighted by Crippen LogP contribution is -2.74. The molecule has 0 aromatic rings. The second-order valence-corrected chi connectivity index (χ2v) is 15.0. The molecule has 0 amide bonds. The molecule has 0 radical (unpaired) electrons. The molecule has 3 heterocycles. The normalized spacial score (nSPS) is 53.9. The third-order valence-electron chi connectivity index (χ3n) is 13.3. The highest BCUT2D eigenvalue weighted by Gasteiger charge is 2.75. The van der Waals surface area contributed by atoms with Crippen LogP contribution in [-0.4, -0.2) is 77.8 Å². The van der Waals surface area contributed by atoms with E-state index in [1.54, 1.807) is 6.08 Å². The average molecular weight is 575 g/mol. The van der Waals surface area contributed by atoms with Crippen LogP contribution in [0, 0.1) is 34.0 Å². The van der Waals surface area contributed by atoms with Gasteiger partial charge in [0.05, 0.1) is 34.9 Å². The van der Waals surface area contributed by atoms with Crippen LogP contribution in [0.4, 0.5) is 0 Å². The molecule has 4 saturated carbocycles. The van der Waals surface area contributed by atoms with Crippen molar-refractivity contribution in [1.82, 2.24) is 0 Å². The first-order valence-electron chi connectivity index (χ1n) is 15.7. The number of hydrogen-bond donors (Lipinski definition) is 2. The zero-order valence-corrected chi connectivity index (χ0v) is 24.8. The Kier molecular flexibility index (Phi) is 6.46. The molecule has 6 fully saturated rings. The van der Waals surface area contributed by atoms with E-state index < -0.39 is 33.7 Å². The highest BCUT2D eigenvalue weighted by Crippen LogP contribution is 2.72. The van der Waals surface area contributed by atoms with E-state index in [9.17, 15) is 19.8 Å². The van der Waals surface area contributed by atoms with Crippen molar-refractivity contribution >= 4 is 12.3 Å². The van der Waals surface area contributed by atoms with E-state index in [2.05, 4.69) is 6.92 Å². The molecule has 4 aliphatic carbocycles. The van der Waals surface area contributed by atoms with Gasteiger partial charge in [-0.1, -0.05) is 20.8 Å². The van der Waals surface area contributed by atoms with Gasteiger partial charge in [-0.15, -0.1) is 0 Å². The highest BCUT2D eigenvalue weighted by molar-refractivity contribution is 5.85. The van der Waals surface area contributed by atoms with Crippen LogP contribution in [0.5, 0.6) is 0 Å². The van der Waals surface area contributed by atoms with Gasteiger partial charge in [-0.25, -0.2) is 4.79 Å². The quantitative estimate of drug-likeness (QED) is 0.296. The van der Waals surface area contributed by atoms with E-state index in [0.717, 1.165) is 37.5 Å². The van der Waals surface area contributed by atoms with Crippen molar-refractivity contribution in [1.29, 1.82) is 0 Å². The summed E-state index contributed by atoms with van der Waals surface area (Å²) in [7, 11) is 0. The standard InChI is InChI=1S/C32H46O9/c1-18-13-23-26(39-17-38-23)27(40-18)41-24-8-10-30(16-33)21-5-9-29(4)20(19-14-25(34)37-15-19)6-11-31(29,35)22(21)7-12-32(30,36)28(24,2)3/h14,16,18,20-24,26-27,35-36H,5-13,15,17H2,1-4H3/t18-,20-,21+,22-,23?,24+,26?,27+,29-,30+,31+,32+/m1/s1. The van der Waals surface area contributed by atoms with Crippen LogP contribution in [0.25, 0.3) is 0 Å². The number of hydrogen-bond acceptors (Lipinski definition) is 9. The first-order chi connectivity index (χ1) is 19.4. The molecule has 3 aliphatic heterocycles. The van der Waals surface area contributed by atoms with E-state index in [4.69, 9.17) is 23.7 Å². The summed E-state index contributed by atoms with van der Waals surface area (Å²) in [6, 6.07) is 0. The number of aldehydes is 1. The monoisotopic (exact) mass is 574 g/mol. The molecule has 7 rings (SSSR count). The largest absolute Gasteiger partial charge is 0.458 e. The van der Waals surface area contributed by atoms with Crippen LogP contribution in [0.15, 0.2) is 11.6 Å². The molecule has 9 heteroatoms. The van der Waals surface area contributed by atoms with Crippen molar-refractivity contribution in [3.63, 3.8) is 0 Å². The predicted molar refractivity (Wildman–Crippen MR) is 145 cm³/mol. The maximum Gasteiger partial charge on any atom is 0.331 e. The Labute approximate surface area is 242 Å². The maximum absolute atomic E-state index is 13.3. The lowest BCUT2D eigenvalue weighted by Gasteiger charge is -2.69. The van der Waals surface area contributed by atoms with Crippen molar-refractivity contribution in [2.24, 2.45) is 34.0 Å². The Bertz CT molecular complexity index is 1140. The number of aliphatic hydroxyl groups is 2. The summed E-state index contributed by atoms with van der Waals surface area (Å²) in [6.07, 6.45) is 7.16. The Morgan fingerprint density at radius 1 is 1.00 bits per heavy atom. The topological polar surface area (TPSA) is 121 Å². The lowest BCUT2D eigenvalue weighted by molar-refractivity contribution is -0.325. The van der Waals surface area contributed by atoms with Crippen LogP contribution in [0.3, 0.4) is 0 Å². The van der Waals surface area contributed by atoms with Gasteiger partial charge >= 0.3 is 5.97 Å². The fourth-order valence-electron chi connectivity index (χ4n) is 11.0. The van der Waals surface area contributed by atoms with Gasteiger partial charge in [-0.3, -0.25) is 0 Å². The third-order valence-corrected chi connectivity index (χ3v) is 13.3. The molecule has 2 unspecified atom stereocenters. The van der Waals surface area contributed by atoms with Crippen molar-refractivity contribution < 1.29 is 43.5 Å². The Balaban J connectivity index is 1.17. The molecule has 0 aromatic heterocycles. The molecule has 41 heavy (non-hydrogen) atoms. The predicted octanol–water partition coefficient (Wildman–Crippen LogP) is 3.44. The molecule has 0 aromatic carbocycles. The fourth-order valence-corrected chi connectivity index (χ4v) is 11.0.